The molecule has 1 amide bonds. The first kappa shape index (κ1) is 22.3. The largest absolute Gasteiger partial charge is 0.495 e. The van der Waals surface area contributed by atoms with Gasteiger partial charge in [-0.15, -0.1) is 0 Å². The molecule has 4 rings (SSSR count). The molecule has 166 valence electrons. The number of hydrogen-bond donors (Lipinski definition) is 2. The minimum Gasteiger partial charge on any atom is -0.495 e. The molecule has 1 aliphatic carbocycles. The summed E-state index contributed by atoms with van der Waals surface area (Å²) in [7, 11) is 3.21. The van der Waals surface area contributed by atoms with Gasteiger partial charge in [0, 0.05) is 13.1 Å². The molecule has 0 saturated heterocycles. The lowest BCUT2D eigenvalue weighted by Gasteiger charge is -2.37. The van der Waals surface area contributed by atoms with Crippen LogP contribution in [0.5, 0.6) is 5.75 Å². The van der Waals surface area contributed by atoms with E-state index in [1.165, 1.54) is 19.2 Å². The van der Waals surface area contributed by atoms with Crippen molar-refractivity contribution in [3.05, 3.63) is 30.0 Å². The van der Waals surface area contributed by atoms with Crippen molar-refractivity contribution in [2.45, 2.75) is 45.6 Å². The number of benzene rings is 1. The van der Waals surface area contributed by atoms with Gasteiger partial charge in [0.1, 0.15) is 11.4 Å². The van der Waals surface area contributed by atoms with E-state index in [-0.39, 0.29) is 11.5 Å². The molecule has 2 aliphatic rings. The van der Waals surface area contributed by atoms with E-state index in [0.717, 1.165) is 31.5 Å². The van der Waals surface area contributed by atoms with Gasteiger partial charge < -0.3 is 25.0 Å². The van der Waals surface area contributed by atoms with Gasteiger partial charge in [0.25, 0.3) is 0 Å². The van der Waals surface area contributed by atoms with E-state index < -0.39 is 5.97 Å². The minimum atomic E-state index is -1.03. The molecule has 1 saturated carbocycles. The Balaban J connectivity index is 0.00000132. The first-order valence-corrected chi connectivity index (χ1v) is 10.6. The lowest BCUT2D eigenvalue weighted by Crippen LogP contribution is -2.48. The highest BCUT2D eigenvalue weighted by Crippen LogP contribution is 2.37. The highest BCUT2D eigenvalue weighted by atomic mass is 16.5. The lowest BCUT2D eigenvalue weighted by molar-refractivity contribution is -0.117. The number of methoxy groups -OCH3 is 1. The van der Waals surface area contributed by atoms with Crippen LogP contribution in [0.4, 0.5) is 23.1 Å². The number of hydrogen-bond acceptors (Lipinski definition) is 7. The normalized spacial score (nSPS) is 15.8. The number of anilines is 4. The summed E-state index contributed by atoms with van der Waals surface area (Å²) in [5.41, 5.74) is 1.38. The van der Waals surface area contributed by atoms with Crippen LogP contribution in [-0.4, -0.2) is 53.7 Å². The topological polar surface area (TPSA) is 108 Å². The van der Waals surface area contributed by atoms with Crippen LogP contribution in [0.25, 0.3) is 0 Å². The average Bonchev–Trinajstić information content (AvgIpc) is 3.32. The van der Waals surface area contributed by atoms with Crippen LogP contribution < -0.4 is 19.9 Å². The predicted molar refractivity (Wildman–Crippen MR) is 120 cm³/mol. The van der Waals surface area contributed by atoms with Gasteiger partial charge in [-0.3, -0.25) is 4.79 Å². The van der Waals surface area contributed by atoms with Crippen molar-refractivity contribution < 1.29 is 19.4 Å². The maximum atomic E-state index is 12.4. The van der Waals surface area contributed by atoms with Crippen molar-refractivity contribution in [3.63, 3.8) is 0 Å². The number of fused-ring (bicyclic) bond motifs is 1. The molecule has 2 heterocycles. The van der Waals surface area contributed by atoms with Crippen molar-refractivity contribution in [1.82, 2.24) is 9.97 Å². The number of aromatic carboxylic acids is 1. The molecular weight excluding hydrogens is 398 g/mol. The molecule has 1 aromatic carbocycles. The van der Waals surface area contributed by atoms with Crippen molar-refractivity contribution in [2.24, 2.45) is 0 Å². The summed E-state index contributed by atoms with van der Waals surface area (Å²) in [4.78, 5) is 36.3. The van der Waals surface area contributed by atoms with Crippen LogP contribution in [0.3, 0.4) is 0 Å². The monoisotopic (exact) mass is 427 g/mol. The second-order valence-electron chi connectivity index (χ2n) is 7.27. The third kappa shape index (κ3) is 4.55. The van der Waals surface area contributed by atoms with Gasteiger partial charge in [-0.25, -0.2) is 9.78 Å². The van der Waals surface area contributed by atoms with E-state index in [2.05, 4.69) is 15.2 Å². The standard InChI is InChI=1S/C20H23N5O4.C2H6/c1-24-15-10-21-20(22-14-8-7-12(19(27)28)9-16(14)29-2)23-18(15)25(11-17(24)26)13-5-3-4-6-13;1-2/h7-10,13H,3-6,11H2,1-2H3,(H,27,28)(H,21,22,23);1-2H3. The zero-order valence-corrected chi connectivity index (χ0v) is 18.4. The lowest BCUT2D eigenvalue weighted by atomic mass is 10.1. The number of ether oxygens (including phenoxy) is 1. The van der Waals surface area contributed by atoms with E-state index in [9.17, 15) is 9.59 Å². The third-order valence-electron chi connectivity index (χ3n) is 5.52. The van der Waals surface area contributed by atoms with Crippen LogP contribution in [-0.2, 0) is 4.79 Å². The van der Waals surface area contributed by atoms with Crippen molar-refractivity contribution >= 4 is 35.0 Å². The van der Waals surface area contributed by atoms with Crippen LogP contribution in [0, 0.1) is 0 Å². The summed E-state index contributed by atoms with van der Waals surface area (Å²) in [5.74, 6) is 0.471. The molecule has 0 atom stereocenters. The fourth-order valence-electron chi connectivity index (χ4n) is 3.90. The smallest absolute Gasteiger partial charge is 0.335 e. The first-order valence-electron chi connectivity index (χ1n) is 10.6. The highest BCUT2D eigenvalue weighted by Gasteiger charge is 2.34. The number of nitrogens with one attached hydrogen (secondary N) is 1. The fourth-order valence-corrected chi connectivity index (χ4v) is 3.90. The Labute approximate surface area is 182 Å². The minimum absolute atomic E-state index is 0.0274. The molecular formula is C22H29N5O4. The van der Waals surface area contributed by atoms with Crippen LogP contribution in [0.15, 0.2) is 24.4 Å². The van der Waals surface area contributed by atoms with Crippen molar-refractivity contribution in [2.75, 3.05) is 35.8 Å². The summed E-state index contributed by atoms with van der Waals surface area (Å²) in [6.45, 7) is 4.31. The number of aromatic nitrogens is 2. The van der Waals surface area contributed by atoms with E-state index in [1.807, 2.05) is 13.8 Å². The molecule has 0 unspecified atom stereocenters. The molecule has 2 aromatic rings. The molecule has 2 N–H and O–H groups in total. The maximum absolute atomic E-state index is 12.4. The summed E-state index contributed by atoms with van der Waals surface area (Å²) in [6, 6.07) is 4.86. The summed E-state index contributed by atoms with van der Waals surface area (Å²) < 4.78 is 5.31. The predicted octanol–water partition coefficient (Wildman–Crippen LogP) is 3.68. The zero-order valence-electron chi connectivity index (χ0n) is 18.4. The number of nitrogens with zero attached hydrogens (tertiary/aromatic N) is 4. The number of carboxylic acid groups (broad SMARTS) is 1. The van der Waals surface area contributed by atoms with Crippen molar-refractivity contribution in [1.29, 1.82) is 0 Å². The molecule has 31 heavy (non-hydrogen) atoms. The van der Waals surface area contributed by atoms with Gasteiger partial charge in [0.05, 0.1) is 31.1 Å². The number of amides is 1. The van der Waals surface area contributed by atoms with Crippen LogP contribution in [0.1, 0.15) is 49.9 Å². The SMILES string of the molecule is CC.COc1cc(C(=O)O)ccc1Nc1ncc2c(n1)N(C1CCCC1)CC(=O)N2C. The molecule has 0 radical (unpaired) electrons. The first-order chi connectivity index (χ1) is 15.0. The van der Waals surface area contributed by atoms with E-state index in [0.29, 0.717) is 35.7 Å². The molecule has 1 aromatic heterocycles. The molecule has 1 aliphatic heterocycles. The molecule has 9 heteroatoms. The second kappa shape index (κ2) is 9.63. The summed E-state index contributed by atoms with van der Waals surface area (Å²) in [5, 5.41) is 12.3. The van der Waals surface area contributed by atoms with Gasteiger partial charge in [-0.2, -0.15) is 4.98 Å². The number of carbonyl (C=O) groups is 2. The Hall–Kier alpha value is -3.36. The summed E-state index contributed by atoms with van der Waals surface area (Å²) in [6.07, 6.45) is 6.05. The van der Waals surface area contributed by atoms with Gasteiger partial charge in [0.15, 0.2) is 5.82 Å². The number of rotatable bonds is 5. The van der Waals surface area contributed by atoms with Gasteiger partial charge in [0.2, 0.25) is 11.9 Å². The van der Waals surface area contributed by atoms with E-state index in [4.69, 9.17) is 14.8 Å². The Bertz CT molecular complexity index is 959. The number of carbonyl (C=O) groups excluding carboxylic acids is 1. The summed E-state index contributed by atoms with van der Waals surface area (Å²) >= 11 is 0. The Morgan fingerprint density at radius 1 is 1.26 bits per heavy atom. The number of likely N-dealkylation sites (N-methyl/N-ethyl adjacent to an activating group) is 1. The Morgan fingerprint density at radius 2 is 1.97 bits per heavy atom. The molecule has 0 spiro atoms. The highest BCUT2D eigenvalue weighted by molar-refractivity contribution is 6.02. The van der Waals surface area contributed by atoms with E-state index in [1.54, 1.807) is 24.2 Å². The molecule has 0 bridgehead atoms. The van der Waals surface area contributed by atoms with Crippen molar-refractivity contribution in [3.8, 4) is 5.75 Å². The van der Waals surface area contributed by atoms with Crippen LogP contribution >= 0.6 is 0 Å². The van der Waals surface area contributed by atoms with Gasteiger partial charge >= 0.3 is 5.97 Å². The Kier molecular flexibility index (Phi) is 6.94. The zero-order chi connectivity index (χ0) is 22.5. The molecule has 9 nitrogen and oxygen atoms in total. The third-order valence-corrected chi connectivity index (χ3v) is 5.52. The Morgan fingerprint density at radius 3 is 2.61 bits per heavy atom. The van der Waals surface area contributed by atoms with Crippen LogP contribution in [0.2, 0.25) is 0 Å². The van der Waals surface area contributed by atoms with E-state index >= 15 is 0 Å². The quantitative estimate of drug-likeness (QED) is 0.744. The fraction of sp³-hybridized carbons (Fsp3) is 0.455. The van der Waals surface area contributed by atoms with Gasteiger partial charge in [-0.05, 0) is 31.0 Å². The van der Waals surface area contributed by atoms with Gasteiger partial charge in [-0.1, -0.05) is 26.7 Å². The maximum Gasteiger partial charge on any atom is 0.335 e. The average molecular weight is 428 g/mol. The molecule has 1 fully saturated rings. The number of carboxylic acids is 1. The second-order valence-corrected chi connectivity index (χ2v) is 7.27.